The van der Waals surface area contributed by atoms with Gasteiger partial charge in [-0.05, 0) is 19.5 Å². The van der Waals surface area contributed by atoms with Crippen LogP contribution < -0.4 is 10.6 Å². The maximum Gasteiger partial charge on any atom is 0.277 e. The van der Waals surface area contributed by atoms with Crippen molar-refractivity contribution >= 4 is 22.4 Å². The lowest BCUT2D eigenvalue weighted by atomic mass is 10.3. The zero-order chi connectivity index (χ0) is 13.8. The minimum Gasteiger partial charge on any atom is -0.309 e. The number of nitrogens with one attached hydrogen (secondary N) is 2. The number of thiazole rings is 1. The standard InChI is InChI=1S/C12H17N5OS/c1-4-13-8(2)10-7-19-12(14-10)15-11(18)9-5-6-17(3)16-9/h5-8,13H,4H2,1-3H3,(H,14,15,18). The molecule has 0 fully saturated rings. The molecule has 2 rings (SSSR count). The van der Waals surface area contributed by atoms with E-state index in [4.69, 9.17) is 0 Å². The van der Waals surface area contributed by atoms with Crippen LogP contribution in [0.1, 0.15) is 36.1 Å². The summed E-state index contributed by atoms with van der Waals surface area (Å²) in [5.41, 5.74) is 1.32. The number of amides is 1. The fourth-order valence-electron chi connectivity index (χ4n) is 1.65. The Morgan fingerprint density at radius 1 is 1.58 bits per heavy atom. The molecule has 1 atom stereocenters. The molecule has 0 aliphatic rings. The lowest BCUT2D eigenvalue weighted by Crippen LogP contribution is -2.18. The van der Waals surface area contributed by atoms with Gasteiger partial charge in [-0.15, -0.1) is 11.3 Å². The largest absolute Gasteiger partial charge is 0.309 e. The predicted octanol–water partition coefficient (Wildman–Crippen LogP) is 1.80. The van der Waals surface area contributed by atoms with E-state index in [1.807, 2.05) is 19.2 Å². The highest BCUT2D eigenvalue weighted by Gasteiger charge is 2.13. The molecule has 1 unspecified atom stereocenters. The molecule has 0 saturated carbocycles. The topological polar surface area (TPSA) is 71.8 Å². The quantitative estimate of drug-likeness (QED) is 0.875. The van der Waals surface area contributed by atoms with Gasteiger partial charge < -0.3 is 5.32 Å². The molecule has 0 aliphatic heterocycles. The van der Waals surface area contributed by atoms with Gasteiger partial charge in [-0.3, -0.25) is 14.8 Å². The molecule has 7 heteroatoms. The van der Waals surface area contributed by atoms with Crippen molar-refractivity contribution < 1.29 is 4.79 Å². The summed E-state index contributed by atoms with van der Waals surface area (Å²) in [6.07, 6.45) is 1.73. The Bertz CT molecular complexity index is 562. The molecule has 1 amide bonds. The second-order valence-electron chi connectivity index (χ2n) is 4.19. The van der Waals surface area contributed by atoms with Crippen LogP contribution >= 0.6 is 11.3 Å². The summed E-state index contributed by atoms with van der Waals surface area (Å²) in [5, 5.41) is 12.6. The van der Waals surface area contributed by atoms with E-state index in [0.29, 0.717) is 10.8 Å². The number of carbonyl (C=O) groups is 1. The summed E-state index contributed by atoms with van der Waals surface area (Å²) in [6.45, 7) is 4.98. The number of anilines is 1. The third-order valence-electron chi connectivity index (χ3n) is 2.64. The first-order valence-corrected chi connectivity index (χ1v) is 6.98. The lowest BCUT2D eigenvalue weighted by molar-refractivity contribution is 0.102. The van der Waals surface area contributed by atoms with E-state index < -0.39 is 0 Å². The Morgan fingerprint density at radius 3 is 3.00 bits per heavy atom. The molecule has 2 heterocycles. The Hall–Kier alpha value is -1.73. The van der Waals surface area contributed by atoms with Crippen LogP contribution in [-0.2, 0) is 7.05 Å². The van der Waals surface area contributed by atoms with Crippen molar-refractivity contribution in [2.75, 3.05) is 11.9 Å². The molecule has 6 nitrogen and oxygen atoms in total. The van der Waals surface area contributed by atoms with Gasteiger partial charge in [0.15, 0.2) is 10.8 Å². The van der Waals surface area contributed by atoms with E-state index in [9.17, 15) is 4.79 Å². The normalized spacial score (nSPS) is 12.4. The highest BCUT2D eigenvalue weighted by atomic mass is 32.1. The number of aryl methyl sites for hydroxylation is 1. The van der Waals surface area contributed by atoms with Crippen molar-refractivity contribution in [1.29, 1.82) is 0 Å². The fraction of sp³-hybridized carbons (Fsp3) is 0.417. The van der Waals surface area contributed by atoms with E-state index in [2.05, 4.69) is 20.7 Å². The van der Waals surface area contributed by atoms with Gasteiger partial charge in [0.1, 0.15) is 0 Å². The molecule has 2 N–H and O–H groups in total. The smallest absolute Gasteiger partial charge is 0.277 e. The average Bonchev–Trinajstić information content (AvgIpc) is 2.98. The van der Waals surface area contributed by atoms with E-state index in [1.165, 1.54) is 11.3 Å². The molecule has 0 saturated heterocycles. The van der Waals surface area contributed by atoms with Crippen LogP contribution in [0, 0.1) is 0 Å². The van der Waals surface area contributed by atoms with Crippen molar-refractivity contribution in [3.63, 3.8) is 0 Å². The SMILES string of the molecule is CCNC(C)c1csc(NC(=O)c2ccn(C)n2)n1. The summed E-state index contributed by atoms with van der Waals surface area (Å²) in [6, 6.07) is 1.85. The second-order valence-corrected chi connectivity index (χ2v) is 5.04. The molecule has 0 bridgehead atoms. The summed E-state index contributed by atoms with van der Waals surface area (Å²) in [7, 11) is 1.77. The van der Waals surface area contributed by atoms with Crippen LogP contribution in [0.25, 0.3) is 0 Å². The van der Waals surface area contributed by atoms with Gasteiger partial charge in [0.25, 0.3) is 5.91 Å². The molecule has 102 valence electrons. The lowest BCUT2D eigenvalue weighted by Gasteiger charge is -2.08. The molecule has 0 radical (unpaired) electrons. The highest BCUT2D eigenvalue weighted by molar-refractivity contribution is 7.14. The van der Waals surface area contributed by atoms with Crippen molar-refractivity contribution in [1.82, 2.24) is 20.1 Å². The first kappa shape index (κ1) is 13.7. The second kappa shape index (κ2) is 5.94. The van der Waals surface area contributed by atoms with Crippen molar-refractivity contribution in [3.8, 4) is 0 Å². The highest BCUT2D eigenvalue weighted by Crippen LogP contribution is 2.20. The van der Waals surface area contributed by atoms with Crippen LogP contribution in [-0.4, -0.2) is 27.2 Å². The summed E-state index contributed by atoms with van der Waals surface area (Å²) in [4.78, 5) is 16.3. The van der Waals surface area contributed by atoms with Gasteiger partial charge in [0.2, 0.25) is 0 Å². The minimum absolute atomic E-state index is 0.182. The van der Waals surface area contributed by atoms with Gasteiger partial charge >= 0.3 is 0 Å². The van der Waals surface area contributed by atoms with Gasteiger partial charge in [0.05, 0.1) is 5.69 Å². The van der Waals surface area contributed by atoms with E-state index in [1.54, 1.807) is 24.0 Å². The van der Waals surface area contributed by atoms with E-state index in [0.717, 1.165) is 12.2 Å². The Balaban J connectivity index is 2.02. The molecule has 0 aliphatic carbocycles. The number of nitrogens with zero attached hydrogens (tertiary/aromatic N) is 3. The number of hydrogen-bond acceptors (Lipinski definition) is 5. The predicted molar refractivity (Wildman–Crippen MR) is 75.4 cm³/mol. The van der Waals surface area contributed by atoms with Gasteiger partial charge in [-0.2, -0.15) is 5.10 Å². The van der Waals surface area contributed by atoms with Gasteiger partial charge in [-0.25, -0.2) is 4.98 Å². The molecule has 0 aromatic carbocycles. The molecular formula is C12H17N5OS. The van der Waals surface area contributed by atoms with E-state index in [-0.39, 0.29) is 11.9 Å². The summed E-state index contributed by atoms with van der Waals surface area (Å²) >= 11 is 1.42. The van der Waals surface area contributed by atoms with Crippen LogP contribution in [0.4, 0.5) is 5.13 Å². The van der Waals surface area contributed by atoms with Crippen molar-refractivity contribution in [2.24, 2.45) is 7.05 Å². The molecule has 19 heavy (non-hydrogen) atoms. The Kier molecular flexibility index (Phi) is 4.28. The number of rotatable bonds is 5. The first-order valence-electron chi connectivity index (χ1n) is 6.10. The number of aromatic nitrogens is 3. The number of carbonyl (C=O) groups excluding carboxylic acids is 1. The van der Waals surface area contributed by atoms with E-state index >= 15 is 0 Å². The van der Waals surface area contributed by atoms with Gasteiger partial charge in [-0.1, -0.05) is 6.92 Å². The third-order valence-corrected chi connectivity index (χ3v) is 3.42. The summed E-state index contributed by atoms with van der Waals surface area (Å²) < 4.78 is 1.59. The van der Waals surface area contributed by atoms with Crippen LogP contribution in [0.5, 0.6) is 0 Å². The molecule has 0 spiro atoms. The average molecular weight is 279 g/mol. The molecule has 2 aromatic heterocycles. The Morgan fingerprint density at radius 2 is 2.37 bits per heavy atom. The first-order chi connectivity index (χ1) is 9.10. The maximum absolute atomic E-state index is 11.9. The van der Waals surface area contributed by atoms with Crippen molar-refractivity contribution in [3.05, 3.63) is 29.0 Å². The van der Waals surface area contributed by atoms with Gasteiger partial charge in [0, 0.05) is 24.7 Å². The zero-order valence-corrected chi connectivity index (χ0v) is 12.0. The van der Waals surface area contributed by atoms with Crippen LogP contribution in [0.2, 0.25) is 0 Å². The van der Waals surface area contributed by atoms with Crippen molar-refractivity contribution in [2.45, 2.75) is 19.9 Å². The molecule has 2 aromatic rings. The third kappa shape index (κ3) is 3.39. The number of hydrogen-bond donors (Lipinski definition) is 2. The maximum atomic E-state index is 11.9. The minimum atomic E-state index is -0.238. The van der Waals surface area contributed by atoms with Crippen LogP contribution in [0.15, 0.2) is 17.6 Å². The zero-order valence-electron chi connectivity index (χ0n) is 11.2. The fourth-order valence-corrected chi connectivity index (χ4v) is 2.45. The monoisotopic (exact) mass is 279 g/mol. The Labute approximate surface area is 115 Å². The molecular weight excluding hydrogens is 262 g/mol. The summed E-state index contributed by atoms with van der Waals surface area (Å²) in [5.74, 6) is -0.238. The van der Waals surface area contributed by atoms with Crippen LogP contribution in [0.3, 0.4) is 0 Å².